The van der Waals surface area contributed by atoms with Gasteiger partial charge in [-0.05, 0) is 45.4 Å². The molecule has 0 radical (unpaired) electrons. The van der Waals surface area contributed by atoms with Crippen molar-refractivity contribution in [2.75, 3.05) is 13.1 Å². The Morgan fingerprint density at radius 2 is 1.94 bits per heavy atom. The number of ether oxygens (including phenoxy) is 1. The molecule has 0 aliphatic rings. The van der Waals surface area contributed by atoms with E-state index in [-0.39, 0.29) is 6.09 Å². The second-order valence-corrected chi connectivity index (χ2v) is 4.33. The zero-order valence-electron chi connectivity index (χ0n) is 11.6. The summed E-state index contributed by atoms with van der Waals surface area (Å²) < 4.78 is 5.34. The van der Waals surface area contributed by atoms with Gasteiger partial charge in [0.25, 0.3) is 0 Å². The highest BCUT2D eigenvalue weighted by atomic mass is 16.6. The lowest BCUT2D eigenvalue weighted by Gasteiger charge is -2.17. The molecule has 1 aromatic carbocycles. The van der Waals surface area contributed by atoms with Crippen LogP contribution in [0.15, 0.2) is 29.8 Å². The lowest BCUT2D eigenvalue weighted by molar-refractivity contribution is 0.157. The summed E-state index contributed by atoms with van der Waals surface area (Å²) >= 11 is 0. The molecule has 1 aromatic rings. The fourth-order valence-electron chi connectivity index (χ4n) is 1.65. The molecule has 0 atom stereocenters. The third kappa shape index (κ3) is 4.24. The van der Waals surface area contributed by atoms with Crippen LogP contribution in [0, 0.1) is 0 Å². The smallest absolute Gasteiger partial charge is 0.410 e. The van der Waals surface area contributed by atoms with E-state index < -0.39 is 0 Å². The molecule has 0 spiro atoms. The van der Waals surface area contributed by atoms with E-state index in [4.69, 9.17) is 4.74 Å². The Labute approximate surface area is 109 Å². The predicted octanol–water partition coefficient (Wildman–Crippen LogP) is 3.95. The second-order valence-electron chi connectivity index (χ2n) is 4.33. The first-order chi connectivity index (χ1) is 8.56. The normalized spacial score (nSPS) is 9.78. The summed E-state index contributed by atoms with van der Waals surface area (Å²) in [6.45, 7) is 9.25. The number of rotatable bonds is 4. The summed E-state index contributed by atoms with van der Waals surface area (Å²) in [5, 5.41) is 0. The van der Waals surface area contributed by atoms with Gasteiger partial charge in [0.05, 0.1) is 0 Å². The van der Waals surface area contributed by atoms with Gasteiger partial charge in [-0.1, -0.05) is 23.8 Å². The largest absolute Gasteiger partial charge is 0.415 e. The van der Waals surface area contributed by atoms with Gasteiger partial charge < -0.3 is 9.64 Å². The quantitative estimate of drug-likeness (QED) is 0.806. The molecule has 1 rings (SSSR count). The first-order valence-corrected chi connectivity index (χ1v) is 6.28. The average molecular weight is 247 g/mol. The van der Waals surface area contributed by atoms with E-state index in [2.05, 4.69) is 6.08 Å². The Bertz CT molecular complexity index is 430. The highest BCUT2D eigenvalue weighted by Crippen LogP contribution is 2.16. The van der Waals surface area contributed by atoms with E-state index in [1.807, 2.05) is 45.9 Å². The summed E-state index contributed by atoms with van der Waals surface area (Å²) in [5.74, 6) is 0.585. The van der Waals surface area contributed by atoms with Crippen molar-refractivity contribution in [3.8, 4) is 5.75 Å². The highest BCUT2D eigenvalue weighted by Gasteiger charge is 2.11. The summed E-state index contributed by atoms with van der Waals surface area (Å²) in [5.41, 5.74) is 2.25. The number of amides is 1. The van der Waals surface area contributed by atoms with Gasteiger partial charge in [-0.2, -0.15) is 0 Å². The standard InChI is InChI=1S/C15H21NO2/c1-5-16(6-2)15(17)18-14-9-7-8-13(11-14)10-12(3)4/h7-11H,5-6H2,1-4H3. The van der Waals surface area contributed by atoms with Crippen LogP contribution < -0.4 is 4.74 Å². The average Bonchev–Trinajstić information content (AvgIpc) is 2.30. The van der Waals surface area contributed by atoms with E-state index in [1.54, 1.807) is 11.0 Å². The molecule has 0 fully saturated rings. The molecule has 0 saturated carbocycles. The van der Waals surface area contributed by atoms with E-state index in [1.165, 1.54) is 5.57 Å². The molecule has 0 aliphatic heterocycles. The van der Waals surface area contributed by atoms with Gasteiger partial charge in [-0.25, -0.2) is 4.79 Å². The van der Waals surface area contributed by atoms with Crippen molar-refractivity contribution in [1.82, 2.24) is 4.90 Å². The summed E-state index contributed by atoms with van der Waals surface area (Å²) in [4.78, 5) is 13.4. The van der Waals surface area contributed by atoms with Gasteiger partial charge >= 0.3 is 6.09 Å². The van der Waals surface area contributed by atoms with Crippen molar-refractivity contribution in [2.45, 2.75) is 27.7 Å². The number of carbonyl (C=O) groups excluding carboxylic acids is 1. The molecule has 18 heavy (non-hydrogen) atoms. The number of carbonyl (C=O) groups is 1. The molecule has 3 nitrogen and oxygen atoms in total. The number of hydrogen-bond donors (Lipinski definition) is 0. The summed E-state index contributed by atoms with van der Waals surface area (Å²) in [6.07, 6.45) is 1.75. The lowest BCUT2D eigenvalue weighted by Crippen LogP contribution is -2.33. The number of hydrogen-bond acceptors (Lipinski definition) is 2. The van der Waals surface area contributed by atoms with Crippen molar-refractivity contribution < 1.29 is 9.53 Å². The number of allylic oxidation sites excluding steroid dienone is 1. The minimum absolute atomic E-state index is 0.297. The first-order valence-electron chi connectivity index (χ1n) is 6.28. The molecule has 98 valence electrons. The highest BCUT2D eigenvalue weighted by molar-refractivity contribution is 5.71. The monoisotopic (exact) mass is 247 g/mol. The Balaban J connectivity index is 2.79. The zero-order valence-corrected chi connectivity index (χ0v) is 11.6. The predicted molar refractivity (Wildman–Crippen MR) is 74.7 cm³/mol. The van der Waals surface area contributed by atoms with E-state index in [0.717, 1.165) is 5.56 Å². The van der Waals surface area contributed by atoms with Crippen molar-refractivity contribution >= 4 is 12.2 Å². The molecular weight excluding hydrogens is 226 g/mol. The maximum absolute atomic E-state index is 11.8. The van der Waals surface area contributed by atoms with Gasteiger partial charge in [0.2, 0.25) is 0 Å². The SMILES string of the molecule is CCN(CC)C(=O)Oc1cccc(C=C(C)C)c1. The zero-order chi connectivity index (χ0) is 13.5. The molecule has 0 saturated heterocycles. The Hall–Kier alpha value is -1.77. The van der Waals surface area contributed by atoms with Gasteiger partial charge in [0, 0.05) is 13.1 Å². The molecule has 0 heterocycles. The van der Waals surface area contributed by atoms with Crippen molar-refractivity contribution in [3.05, 3.63) is 35.4 Å². The lowest BCUT2D eigenvalue weighted by atomic mass is 10.1. The van der Waals surface area contributed by atoms with Crippen LogP contribution in [0.25, 0.3) is 6.08 Å². The van der Waals surface area contributed by atoms with Crippen LogP contribution in [-0.4, -0.2) is 24.1 Å². The number of benzene rings is 1. The molecule has 0 unspecified atom stereocenters. The number of nitrogens with zero attached hydrogens (tertiary/aromatic N) is 1. The van der Waals surface area contributed by atoms with E-state index >= 15 is 0 Å². The Kier molecular flexibility index (Phi) is 5.43. The molecule has 1 amide bonds. The maximum Gasteiger partial charge on any atom is 0.415 e. The Morgan fingerprint density at radius 3 is 2.50 bits per heavy atom. The fraction of sp³-hybridized carbons (Fsp3) is 0.400. The van der Waals surface area contributed by atoms with E-state index in [0.29, 0.717) is 18.8 Å². The molecule has 0 N–H and O–H groups in total. The molecule has 3 heteroatoms. The maximum atomic E-state index is 11.8. The van der Waals surface area contributed by atoms with E-state index in [9.17, 15) is 4.79 Å². The minimum Gasteiger partial charge on any atom is -0.410 e. The van der Waals surface area contributed by atoms with Gasteiger partial charge in [0.1, 0.15) is 5.75 Å². The van der Waals surface area contributed by atoms with Crippen molar-refractivity contribution in [2.24, 2.45) is 0 Å². The van der Waals surface area contributed by atoms with Crippen LogP contribution in [0.5, 0.6) is 5.75 Å². The van der Waals surface area contributed by atoms with Crippen LogP contribution in [0.2, 0.25) is 0 Å². The van der Waals surface area contributed by atoms with Crippen LogP contribution >= 0.6 is 0 Å². The van der Waals surface area contributed by atoms with Gasteiger partial charge in [0.15, 0.2) is 0 Å². The topological polar surface area (TPSA) is 29.5 Å². The van der Waals surface area contributed by atoms with Crippen LogP contribution in [0.3, 0.4) is 0 Å². The van der Waals surface area contributed by atoms with Crippen molar-refractivity contribution in [1.29, 1.82) is 0 Å². The summed E-state index contributed by atoms with van der Waals surface area (Å²) in [6, 6.07) is 7.54. The molecule has 0 aliphatic carbocycles. The first kappa shape index (κ1) is 14.3. The Morgan fingerprint density at radius 1 is 1.28 bits per heavy atom. The van der Waals surface area contributed by atoms with Crippen molar-refractivity contribution in [3.63, 3.8) is 0 Å². The molecular formula is C15H21NO2. The van der Waals surface area contributed by atoms with Gasteiger partial charge in [-0.3, -0.25) is 0 Å². The van der Waals surface area contributed by atoms with Crippen LogP contribution in [-0.2, 0) is 0 Å². The second kappa shape index (κ2) is 6.84. The van der Waals surface area contributed by atoms with Crippen LogP contribution in [0.1, 0.15) is 33.3 Å². The molecule has 0 bridgehead atoms. The van der Waals surface area contributed by atoms with Gasteiger partial charge in [-0.15, -0.1) is 0 Å². The third-order valence-electron chi connectivity index (χ3n) is 2.54. The third-order valence-corrected chi connectivity index (χ3v) is 2.54. The fourth-order valence-corrected chi connectivity index (χ4v) is 1.65. The molecule has 0 aromatic heterocycles. The minimum atomic E-state index is -0.297. The summed E-state index contributed by atoms with van der Waals surface area (Å²) in [7, 11) is 0. The van der Waals surface area contributed by atoms with Crippen LogP contribution in [0.4, 0.5) is 4.79 Å².